The number of nitrogens with zero attached hydrogens (tertiary/aromatic N) is 1. The predicted molar refractivity (Wildman–Crippen MR) is 233 cm³/mol. The number of aromatic hydroxyl groups is 2. The van der Waals surface area contributed by atoms with Gasteiger partial charge in [0.05, 0.1) is 25.3 Å². The molecule has 58 heavy (non-hydrogen) atoms. The Morgan fingerprint density at radius 3 is 2.64 bits per heavy atom. The molecule has 0 aromatic heterocycles. The molecule has 12 nitrogen and oxygen atoms in total. The number of phenolic OH excluding ortho intramolecular Hbond substituents is 2. The summed E-state index contributed by atoms with van der Waals surface area (Å²) in [6.45, 7) is 0.880. The Balaban J connectivity index is 1.33. The lowest BCUT2D eigenvalue weighted by atomic mass is 9.70. The van der Waals surface area contributed by atoms with E-state index in [9.17, 15) is 20.1 Å². The van der Waals surface area contributed by atoms with E-state index < -0.39 is 17.3 Å². The van der Waals surface area contributed by atoms with Gasteiger partial charge < -0.3 is 50.6 Å². The zero-order chi connectivity index (χ0) is 41.2. The molecule has 1 spiro atoms. The summed E-state index contributed by atoms with van der Waals surface area (Å²) in [6, 6.07) is 9.48. The van der Waals surface area contributed by atoms with Crippen LogP contribution in [0.15, 0.2) is 47.5 Å². The molecule has 3 fully saturated rings. The number of aliphatic imine (C=N–C) groups is 1. The van der Waals surface area contributed by atoms with Crippen molar-refractivity contribution in [1.29, 1.82) is 0 Å². The van der Waals surface area contributed by atoms with Crippen molar-refractivity contribution in [3.63, 3.8) is 0 Å². The maximum absolute atomic E-state index is 14.7. The molecule has 3 saturated carbocycles. The van der Waals surface area contributed by atoms with E-state index in [1.54, 1.807) is 41.8 Å². The number of allylic oxidation sites excluding steroid dienone is 2. The summed E-state index contributed by atoms with van der Waals surface area (Å²) in [7, 11) is 8.60. The molecular weight excluding hydrogens is 777 g/mol. The Hall–Kier alpha value is -3.14. The summed E-state index contributed by atoms with van der Waals surface area (Å²) in [5.74, 6) is 3.33. The van der Waals surface area contributed by atoms with Gasteiger partial charge in [-0.3, -0.25) is 9.79 Å². The number of carbonyl (C=O) groups excluding carboxylic acids is 1. The van der Waals surface area contributed by atoms with E-state index in [-0.39, 0.29) is 41.1 Å². The van der Waals surface area contributed by atoms with Crippen LogP contribution < -0.4 is 25.4 Å². The minimum atomic E-state index is -0.914. The van der Waals surface area contributed by atoms with Gasteiger partial charge in [0.25, 0.3) is 0 Å². The first-order valence-corrected chi connectivity index (χ1v) is 23.5. The zero-order valence-electron chi connectivity index (χ0n) is 34.4. The molecule has 2 aromatic rings. The first-order valence-electron chi connectivity index (χ1n) is 21.0. The van der Waals surface area contributed by atoms with Gasteiger partial charge in [-0.05, 0) is 130 Å². The van der Waals surface area contributed by atoms with Crippen molar-refractivity contribution in [1.82, 2.24) is 10.6 Å². The van der Waals surface area contributed by atoms with Crippen LogP contribution in [0.5, 0.6) is 23.0 Å². The van der Waals surface area contributed by atoms with E-state index in [4.69, 9.17) is 19.3 Å². The average Bonchev–Trinajstić information content (AvgIpc) is 3.96. The van der Waals surface area contributed by atoms with Gasteiger partial charge in [0, 0.05) is 37.8 Å². The van der Waals surface area contributed by atoms with Crippen molar-refractivity contribution in [2.24, 2.45) is 22.2 Å². The van der Waals surface area contributed by atoms with Crippen molar-refractivity contribution >= 4 is 39.0 Å². The van der Waals surface area contributed by atoms with Crippen molar-refractivity contribution in [3.8, 4) is 23.0 Å². The number of likely N-dealkylation sites (N-methyl/N-ethyl adjacent to an activating group) is 1. The summed E-state index contributed by atoms with van der Waals surface area (Å²) < 4.78 is 18.0. The van der Waals surface area contributed by atoms with Crippen LogP contribution in [-0.2, 0) is 21.4 Å². The molecule has 6 rings (SSSR count). The molecule has 7 N–H and O–H groups in total. The topological polar surface area (TPSA) is 174 Å². The van der Waals surface area contributed by atoms with Crippen LogP contribution in [0, 0.1) is 17.3 Å². The Bertz CT molecular complexity index is 1760. The lowest BCUT2D eigenvalue weighted by Crippen LogP contribution is -2.43. The maximum Gasteiger partial charge on any atom is 0.196 e. The van der Waals surface area contributed by atoms with Gasteiger partial charge in [-0.1, -0.05) is 53.0 Å². The van der Waals surface area contributed by atoms with E-state index >= 15 is 0 Å². The third-order valence-corrected chi connectivity index (χ3v) is 15.2. The second-order valence-electron chi connectivity index (χ2n) is 16.7. The van der Waals surface area contributed by atoms with Gasteiger partial charge >= 0.3 is 0 Å². The van der Waals surface area contributed by atoms with Gasteiger partial charge in [-0.2, -0.15) is 0 Å². The van der Waals surface area contributed by atoms with Crippen LogP contribution in [-0.4, -0.2) is 96.7 Å². The lowest BCUT2D eigenvalue weighted by molar-refractivity contribution is -0.125. The third-order valence-electron chi connectivity index (χ3n) is 13.0. The molecule has 5 atom stereocenters. The number of aliphatic hydroxyl groups is 2. The highest BCUT2D eigenvalue weighted by Gasteiger charge is 2.48. The van der Waals surface area contributed by atoms with Crippen molar-refractivity contribution in [2.45, 2.75) is 107 Å². The number of phenols is 2. The molecular formula is C44H64N4O8S2. The Kier molecular flexibility index (Phi) is 15.6. The van der Waals surface area contributed by atoms with Gasteiger partial charge in [0.2, 0.25) is 0 Å². The molecule has 0 unspecified atom stereocenters. The Morgan fingerprint density at radius 2 is 1.88 bits per heavy atom. The van der Waals surface area contributed by atoms with Gasteiger partial charge in [0.1, 0.15) is 5.60 Å². The molecule has 2 aromatic carbocycles. The molecule has 2 bridgehead atoms. The summed E-state index contributed by atoms with van der Waals surface area (Å²) in [5.41, 5.74) is 1.08. The van der Waals surface area contributed by atoms with E-state index in [1.165, 1.54) is 0 Å². The highest BCUT2D eigenvalue weighted by molar-refractivity contribution is 8.76. The fourth-order valence-electron chi connectivity index (χ4n) is 9.99. The molecule has 4 aliphatic rings. The molecule has 0 saturated heterocycles. The second-order valence-corrected chi connectivity index (χ2v) is 19.2. The Morgan fingerprint density at radius 1 is 1.05 bits per heavy atom. The highest BCUT2D eigenvalue weighted by atomic mass is 33.1. The number of aliphatic hydroxyl groups excluding tert-OH is 2. The molecule has 14 heteroatoms. The first kappa shape index (κ1) is 44.4. The smallest absolute Gasteiger partial charge is 0.196 e. The number of ether oxygens (including phenoxy) is 3. The summed E-state index contributed by atoms with van der Waals surface area (Å²) in [4.78, 5) is 19.2. The molecule has 320 valence electrons. The van der Waals surface area contributed by atoms with Crippen LogP contribution in [0.1, 0.15) is 94.6 Å². The summed E-state index contributed by atoms with van der Waals surface area (Å²) in [6.07, 6.45) is 14.3. The monoisotopic (exact) mass is 840 g/mol. The van der Waals surface area contributed by atoms with Gasteiger partial charge in [0.15, 0.2) is 41.0 Å². The molecule has 0 radical (unpaired) electrons. The van der Waals surface area contributed by atoms with E-state index in [2.05, 4.69) is 27.0 Å². The first-order chi connectivity index (χ1) is 28.1. The van der Waals surface area contributed by atoms with Gasteiger partial charge in [-0.15, -0.1) is 0 Å². The zero-order valence-corrected chi connectivity index (χ0v) is 36.0. The molecule has 1 heterocycles. The molecule has 3 aliphatic carbocycles. The number of methoxy groups -OCH3 is 1. The number of guanidine groups is 1. The van der Waals surface area contributed by atoms with Crippen LogP contribution >= 0.6 is 21.6 Å². The summed E-state index contributed by atoms with van der Waals surface area (Å²) >= 11 is 0. The standard InChI is InChI=1S/C44H64N4O8S2/c1-45-28-43(18-13-31(25-43)22-39(52)55-20-8-19-49)56-37-24-33-23-34(40(37)53)48-41(46-2)47-29-58-57-27-32-9-6-17-44(32,26-30-11-12-35(50)36(21-30)54-3)38(51)10-7-16-42(33)14-4-5-15-42/h7,10-12,21,23-24,31-32,39,45,49-50,52-53H,4-6,8-9,13-20,22,25-29H2,1-3H3,(H2,46,47,48)/b10-7+/t31-,32-,39-,43+,44+/m1/s1. The van der Waals surface area contributed by atoms with E-state index in [0.717, 1.165) is 74.7 Å². The second kappa shape index (κ2) is 20.4. The van der Waals surface area contributed by atoms with E-state index in [0.29, 0.717) is 74.3 Å². The fourth-order valence-corrected chi connectivity index (χ4v) is 12.2. The number of carbonyl (C=O) groups is 1. The van der Waals surface area contributed by atoms with Crippen molar-refractivity contribution < 1.29 is 39.4 Å². The van der Waals surface area contributed by atoms with Crippen LogP contribution in [0.4, 0.5) is 5.69 Å². The van der Waals surface area contributed by atoms with Crippen LogP contribution in [0.25, 0.3) is 0 Å². The Labute approximate surface area is 351 Å². The van der Waals surface area contributed by atoms with E-state index in [1.807, 2.05) is 37.4 Å². The number of anilines is 1. The molecule has 1 aliphatic heterocycles. The largest absolute Gasteiger partial charge is 0.504 e. The fraction of sp³-hybridized carbons (Fsp3) is 0.636. The number of ketones is 1. The normalized spacial score (nSPS) is 28.1. The molecule has 0 amide bonds. The highest BCUT2D eigenvalue weighted by Crippen LogP contribution is 2.52. The summed E-state index contributed by atoms with van der Waals surface area (Å²) in [5, 5.41) is 52.1. The number of benzene rings is 2. The van der Waals surface area contributed by atoms with Crippen molar-refractivity contribution in [3.05, 3.63) is 53.6 Å². The van der Waals surface area contributed by atoms with Gasteiger partial charge in [-0.25, -0.2) is 0 Å². The predicted octanol–water partition coefficient (Wildman–Crippen LogP) is 7.05. The third kappa shape index (κ3) is 10.4. The quantitative estimate of drug-likeness (QED) is 0.0474. The number of hydrogen-bond acceptors (Lipinski definition) is 12. The number of fused-ring (bicyclic) bond motifs is 4. The van der Waals surface area contributed by atoms with Crippen LogP contribution in [0.3, 0.4) is 0 Å². The number of nitrogens with one attached hydrogen (secondary N) is 3. The van der Waals surface area contributed by atoms with Crippen LogP contribution in [0.2, 0.25) is 0 Å². The SMILES string of the molecule is CN=C1NCSSC[C@H]2CCC[C@@]2(Cc2ccc(O)c(OC)c2)C(=O)/C=C/CC2(CCCC2)c2cc(c(O)c(O[C@@]3(CNC)CC[C@H](C[C@H](O)OCCCO)C3)c2)N1. The lowest BCUT2D eigenvalue weighted by Gasteiger charge is -2.34. The number of hydrogen-bond donors (Lipinski definition) is 7. The minimum Gasteiger partial charge on any atom is -0.504 e. The minimum absolute atomic E-state index is 0.0115. The maximum atomic E-state index is 14.7. The van der Waals surface area contributed by atoms with Crippen molar-refractivity contribution in [2.75, 3.05) is 57.9 Å². The number of rotatable bonds is 13. The average molecular weight is 841 g/mol.